The summed E-state index contributed by atoms with van der Waals surface area (Å²) < 4.78 is 6.48. The van der Waals surface area contributed by atoms with Gasteiger partial charge < -0.3 is 14.4 Å². The lowest BCUT2D eigenvalue weighted by atomic mass is 10.1. The van der Waals surface area contributed by atoms with Crippen LogP contribution in [0.4, 0.5) is 0 Å². The molecule has 154 valence electrons. The molecule has 0 radical (unpaired) electrons. The fraction of sp³-hybridized carbons (Fsp3) is 0.208. The summed E-state index contributed by atoms with van der Waals surface area (Å²) in [6.07, 6.45) is 2.23. The molecule has 6 heteroatoms. The standard InChI is InChI=1S/C24H23NO5/c1-4-30-24(29)22(27)12-21(26)19-14-25(13-17-10-15(2)9-16(3)11-17)20-8-6-5-7-18(20)23(19)28/h5-12,14,26H,4,13H2,1-3H3/b21-12-. The molecule has 0 unspecified atom stereocenters. The monoisotopic (exact) mass is 405 g/mol. The first-order valence-electron chi connectivity index (χ1n) is 9.61. The Morgan fingerprint density at radius 2 is 1.77 bits per heavy atom. The maximum absolute atomic E-state index is 12.9. The molecular formula is C24H23NO5. The number of rotatable bonds is 6. The molecule has 30 heavy (non-hydrogen) atoms. The minimum atomic E-state index is -1.08. The number of aromatic nitrogens is 1. The van der Waals surface area contributed by atoms with E-state index in [0.29, 0.717) is 17.4 Å². The summed E-state index contributed by atoms with van der Waals surface area (Å²) in [6, 6.07) is 13.2. The molecule has 0 aliphatic heterocycles. The lowest BCUT2D eigenvalue weighted by molar-refractivity contribution is -0.151. The molecule has 1 N–H and O–H groups in total. The quantitative estimate of drug-likeness (QED) is 0.293. The van der Waals surface area contributed by atoms with Crippen LogP contribution in [0.1, 0.15) is 29.2 Å². The van der Waals surface area contributed by atoms with Crippen molar-refractivity contribution in [3.63, 3.8) is 0 Å². The molecule has 0 fully saturated rings. The number of hydrogen-bond donors (Lipinski definition) is 1. The van der Waals surface area contributed by atoms with Crippen molar-refractivity contribution in [2.24, 2.45) is 0 Å². The number of ketones is 1. The van der Waals surface area contributed by atoms with Gasteiger partial charge in [-0.1, -0.05) is 41.5 Å². The van der Waals surface area contributed by atoms with E-state index >= 15 is 0 Å². The summed E-state index contributed by atoms with van der Waals surface area (Å²) in [4.78, 5) is 36.4. The van der Waals surface area contributed by atoms with Gasteiger partial charge in [-0.05, 0) is 38.5 Å². The van der Waals surface area contributed by atoms with Crippen molar-refractivity contribution in [2.45, 2.75) is 27.3 Å². The molecule has 3 aromatic rings. The molecule has 0 bridgehead atoms. The van der Waals surface area contributed by atoms with Gasteiger partial charge in [-0.25, -0.2) is 4.79 Å². The Balaban J connectivity index is 2.12. The molecule has 0 amide bonds. The van der Waals surface area contributed by atoms with Gasteiger partial charge in [0, 0.05) is 24.2 Å². The van der Waals surface area contributed by atoms with Gasteiger partial charge in [0.05, 0.1) is 17.7 Å². The van der Waals surface area contributed by atoms with Crippen molar-refractivity contribution in [1.29, 1.82) is 0 Å². The molecule has 0 aliphatic rings. The average molecular weight is 405 g/mol. The van der Waals surface area contributed by atoms with E-state index in [1.54, 1.807) is 19.1 Å². The maximum atomic E-state index is 12.9. The summed E-state index contributed by atoms with van der Waals surface area (Å²) in [5.74, 6) is -2.68. The van der Waals surface area contributed by atoms with E-state index < -0.39 is 22.9 Å². The van der Waals surface area contributed by atoms with Crippen molar-refractivity contribution in [2.75, 3.05) is 6.61 Å². The molecule has 1 aromatic heterocycles. The molecular weight excluding hydrogens is 382 g/mol. The van der Waals surface area contributed by atoms with E-state index in [1.807, 2.05) is 30.5 Å². The van der Waals surface area contributed by atoms with Crippen LogP contribution in [-0.2, 0) is 20.9 Å². The Morgan fingerprint density at radius 3 is 2.43 bits per heavy atom. The predicted octanol–water partition coefficient (Wildman–Crippen LogP) is 3.70. The fourth-order valence-corrected chi connectivity index (χ4v) is 3.48. The molecule has 1 heterocycles. The first kappa shape index (κ1) is 21.0. The molecule has 0 atom stereocenters. The van der Waals surface area contributed by atoms with Crippen LogP contribution in [0, 0.1) is 13.8 Å². The Bertz CT molecular complexity index is 1200. The highest BCUT2D eigenvalue weighted by Crippen LogP contribution is 2.18. The highest BCUT2D eigenvalue weighted by atomic mass is 16.5. The van der Waals surface area contributed by atoms with Gasteiger partial charge in [-0.15, -0.1) is 0 Å². The normalized spacial score (nSPS) is 11.5. The molecule has 6 nitrogen and oxygen atoms in total. The number of carbonyl (C=O) groups excluding carboxylic acids is 2. The van der Waals surface area contributed by atoms with E-state index in [0.717, 1.165) is 22.8 Å². The van der Waals surface area contributed by atoms with Crippen molar-refractivity contribution >= 4 is 28.4 Å². The van der Waals surface area contributed by atoms with E-state index in [9.17, 15) is 19.5 Å². The molecule has 0 spiro atoms. The number of pyridine rings is 1. The van der Waals surface area contributed by atoms with Gasteiger partial charge in [-0.3, -0.25) is 9.59 Å². The highest BCUT2D eigenvalue weighted by molar-refractivity contribution is 6.39. The van der Waals surface area contributed by atoms with Gasteiger partial charge in [-0.2, -0.15) is 0 Å². The number of para-hydroxylation sites is 1. The Labute approximate surface area is 174 Å². The van der Waals surface area contributed by atoms with Crippen LogP contribution in [0.15, 0.2) is 59.5 Å². The molecule has 3 rings (SSSR count). The number of aryl methyl sites for hydroxylation is 2. The van der Waals surface area contributed by atoms with E-state index in [-0.39, 0.29) is 12.2 Å². The third-order valence-electron chi connectivity index (χ3n) is 4.64. The van der Waals surface area contributed by atoms with E-state index in [4.69, 9.17) is 0 Å². The molecule has 2 aromatic carbocycles. The summed E-state index contributed by atoms with van der Waals surface area (Å²) in [5, 5.41) is 10.9. The number of fused-ring (bicyclic) bond motifs is 1. The number of carbonyl (C=O) groups is 2. The first-order chi connectivity index (χ1) is 14.3. The van der Waals surface area contributed by atoms with Gasteiger partial charge in [0.15, 0.2) is 5.43 Å². The van der Waals surface area contributed by atoms with Crippen LogP contribution >= 0.6 is 0 Å². The summed E-state index contributed by atoms with van der Waals surface area (Å²) in [7, 11) is 0. The Morgan fingerprint density at radius 1 is 1.10 bits per heavy atom. The number of nitrogens with zero attached hydrogens (tertiary/aromatic N) is 1. The fourth-order valence-electron chi connectivity index (χ4n) is 3.48. The first-order valence-corrected chi connectivity index (χ1v) is 9.61. The predicted molar refractivity (Wildman–Crippen MR) is 115 cm³/mol. The molecule has 0 saturated heterocycles. The number of benzene rings is 2. The zero-order chi connectivity index (χ0) is 21.8. The minimum Gasteiger partial charge on any atom is -0.507 e. The summed E-state index contributed by atoms with van der Waals surface area (Å²) >= 11 is 0. The highest BCUT2D eigenvalue weighted by Gasteiger charge is 2.17. The Hall–Kier alpha value is -3.67. The van der Waals surface area contributed by atoms with Gasteiger partial charge in [0.2, 0.25) is 0 Å². The number of ether oxygens (including phenoxy) is 1. The second kappa shape index (κ2) is 8.78. The Kier molecular flexibility index (Phi) is 6.16. The summed E-state index contributed by atoms with van der Waals surface area (Å²) in [5.41, 5.74) is 3.51. The summed E-state index contributed by atoms with van der Waals surface area (Å²) in [6.45, 7) is 6.11. The largest absolute Gasteiger partial charge is 0.507 e. The SMILES string of the molecule is CCOC(=O)C(=O)/C=C(\O)c1cn(Cc2cc(C)cc(C)c2)c2ccccc2c1=O. The van der Waals surface area contributed by atoms with Crippen molar-refractivity contribution in [3.05, 3.63) is 87.2 Å². The lowest BCUT2D eigenvalue weighted by Gasteiger charge is -2.14. The van der Waals surface area contributed by atoms with Crippen LogP contribution in [-0.4, -0.2) is 28.0 Å². The van der Waals surface area contributed by atoms with Crippen LogP contribution in [0.25, 0.3) is 16.7 Å². The molecule has 0 aliphatic carbocycles. The van der Waals surface area contributed by atoms with Crippen molar-refractivity contribution in [1.82, 2.24) is 4.57 Å². The smallest absolute Gasteiger partial charge is 0.379 e. The molecule has 0 saturated carbocycles. The van der Waals surface area contributed by atoms with Crippen molar-refractivity contribution in [3.8, 4) is 0 Å². The minimum absolute atomic E-state index is 0.0395. The maximum Gasteiger partial charge on any atom is 0.379 e. The topological polar surface area (TPSA) is 85.6 Å². The number of hydrogen-bond acceptors (Lipinski definition) is 5. The second-order valence-electron chi connectivity index (χ2n) is 7.13. The van der Waals surface area contributed by atoms with Gasteiger partial charge in [0.1, 0.15) is 5.76 Å². The average Bonchev–Trinajstić information content (AvgIpc) is 2.69. The zero-order valence-electron chi connectivity index (χ0n) is 17.1. The van der Waals surface area contributed by atoms with Gasteiger partial charge >= 0.3 is 5.97 Å². The zero-order valence-corrected chi connectivity index (χ0v) is 17.1. The second-order valence-corrected chi connectivity index (χ2v) is 7.13. The van der Waals surface area contributed by atoms with E-state index in [1.165, 1.54) is 6.20 Å². The van der Waals surface area contributed by atoms with Crippen LogP contribution in [0.3, 0.4) is 0 Å². The van der Waals surface area contributed by atoms with Gasteiger partial charge in [0.25, 0.3) is 5.78 Å². The number of esters is 1. The van der Waals surface area contributed by atoms with Crippen LogP contribution < -0.4 is 5.43 Å². The number of aliphatic hydroxyl groups is 1. The number of aliphatic hydroxyl groups excluding tert-OH is 1. The lowest BCUT2D eigenvalue weighted by Crippen LogP contribution is -2.18. The third kappa shape index (κ3) is 4.49. The van der Waals surface area contributed by atoms with Crippen LogP contribution in [0.2, 0.25) is 0 Å². The van der Waals surface area contributed by atoms with Crippen molar-refractivity contribution < 1.29 is 19.4 Å². The third-order valence-corrected chi connectivity index (χ3v) is 4.64. The van der Waals surface area contributed by atoms with Crippen LogP contribution in [0.5, 0.6) is 0 Å². The van der Waals surface area contributed by atoms with E-state index in [2.05, 4.69) is 22.9 Å².